The van der Waals surface area contributed by atoms with Crippen molar-refractivity contribution in [2.45, 2.75) is 0 Å². The van der Waals surface area contributed by atoms with Gasteiger partial charge in [-0.15, -0.1) is 0 Å². The second-order valence-electron chi connectivity index (χ2n) is 12.3. The first-order chi connectivity index (χ1) is 24.6. The number of hydrogen-bond donors (Lipinski definition) is 0. The van der Waals surface area contributed by atoms with Crippen molar-refractivity contribution in [2.75, 3.05) is 0 Å². The van der Waals surface area contributed by atoms with Crippen LogP contribution in [-0.4, -0.2) is 32.8 Å². The number of pyridine rings is 4. The van der Waals surface area contributed by atoms with Gasteiger partial charge in [-0.05, 0) is 85.0 Å². The summed E-state index contributed by atoms with van der Waals surface area (Å²) >= 11 is 0. The van der Waals surface area contributed by atoms with Gasteiger partial charge in [0.05, 0.1) is 73.7 Å². The number of aromatic nitrogens is 4. The van der Waals surface area contributed by atoms with Gasteiger partial charge in [-0.2, -0.15) is 0 Å². The summed E-state index contributed by atoms with van der Waals surface area (Å²) in [5.41, 5.74) is 13.5. The minimum Gasteiger partial charge on any atom is -0.256 e. The quantitative estimate of drug-likeness (QED) is 0.250. The van der Waals surface area contributed by atoms with Gasteiger partial charge in [0.15, 0.2) is 12.4 Å². The predicted molar refractivity (Wildman–Crippen MR) is 198 cm³/mol. The summed E-state index contributed by atoms with van der Waals surface area (Å²) < 4.78 is 4.27. The van der Waals surface area contributed by atoms with Crippen LogP contribution in [0.1, 0.15) is 22.8 Å². The minimum atomic E-state index is 0.737. The maximum Gasteiger partial charge on any atom is 0.215 e. The molecular formula is C42H30N8+2. The van der Waals surface area contributed by atoms with E-state index in [-0.39, 0.29) is 0 Å². The van der Waals surface area contributed by atoms with Crippen molar-refractivity contribution in [3.63, 3.8) is 0 Å². The van der Waals surface area contributed by atoms with Crippen LogP contribution in [0, 0.1) is 0 Å². The van der Waals surface area contributed by atoms with Crippen molar-refractivity contribution in [3.8, 4) is 0 Å². The monoisotopic (exact) mass is 646 g/mol. The lowest BCUT2D eigenvalue weighted by Gasteiger charge is -2.15. The third kappa shape index (κ3) is 5.20. The molecule has 8 nitrogen and oxygen atoms in total. The average molecular weight is 647 g/mol. The van der Waals surface area contributed by atoms with E-state index in [1.807, 2.05) is 97.4 Å². The third-order valence-corrected chi connectivity index (χ3v) is 8.96. The van der Waals surface area contributed by atoms with Gasteiger partial charge in [-0.3, -0.25) is 9.97 Å². The van der Waals surface area contributed by atoms with Crippen molar-refractivity contribution in [1.29, 1.82) is 0 Å². The molecule has 0 aromatic carbocycles. The molecule has 236 valence electrons. The number of aliphatic imine (C=N–C) groups is 4. The highest BCUT2D eigenvalue weighted by Crippen LogP contribution is 2.44. The molecule has 5 aliphatic heterocycles. The second kappa shape index (κ2) is 12.0. The highest BCUT2D eigenvalue weighted by Gasteiger charge is 2.38. The fraction of sp³-hybridized carbons (Fsp3) is 0.0476. The van der Waals surface area contributed by atoms with Crippen LogP contribution in [0.4, 0.5) is 0 Å². The molecule has 50 heavy (non-hydrogen) atoms. The smallest absolute Gasteiger partial charge is 0.215 e. The van der Waals surface area contributed by atoms with E-state index < -0.39 is 0 Å². The fourth-order valence-electron chi connectivity index (χ4n) is 6.68. The lowest BCUT2D eigenvalue weighted by Crippen LogP contribution is -2.35. The van der Waals surface area contributed by atoms with Gasteiger partial charge in [-0.1, -0.05) is 12.1 Å². The van der Waals surface area contributed by atoms with Crippen molar-refractivity contribution in [1.82, 2.24) is 9.97 Å². The first-order valence-corrected chi connectivity index (χ1v) is 16.4. The summed E-state index contributed by atoms with van der Waals surface area (Å²) in [5, 5.41) is 0. The fourth-order valence-corrected chi connectivity index (χ4v) is 6.68. The number of fused-ring (bicyclic) bond motifs is 4. The van der Waals surface area contributed by atoms with Crippen LogP contribution in [0.3, 0.4) is 0 Å². The number of aryl methyl sites for hydroxylation is 2. The highest BCUT2D eigenvalue weighted by atomic mass is 15.0. The number of allylic oxidation sites excluding steroid dienone is 12. The van der Waals surface area contributed by atoms with E-state index in [4.69, 9.17) is 29.9 Å². The van der Waals surface area contributed by atoms with Gasteiger partial charge in [0.2, 0.25) is 11.4 Å². The van der Waals surface area contributed by atoms with Gasteiger partial charge in [0.25, 0.3) is 0 Å². The zero-order valence-electron chi connectivity index (χ0n) is 27.4. The predicted octanol–water partition coefficient (Wildman–Crippen LogP) is 6.13. The zero-order valence-corrected chi connectivity index (χ0v) is 27.4. The van der Waals surface area contributed by atoms with Crippen molar-refractivity contribution >= 4 is 45.1 Å². The molecule has 0 aliphatic carbocycles. The largest absolute Gasteiger partial charge is 0.256 e. The van der Waals surface area contributed by atoms with Gasteiger partial charge in [-0.25, -0.2) is 29.1 Å². The maximum atomic E-state index is 5.55. The molecule has 0 spiro atoms. The SMILES string of the molecule is C[n+]1ccccc1C1=C(c2cccc[n+]2C)C2=C(c3ccccn3)C3=NC(=CC4=NC(=CC5=NC(=CC1=N2)C=C5)C=C4)C=C3c1ccccn1. The Morgan fingerprint density at radius 2 is 1.08 bits per heavy atom. The molecular weight excluding hydrogens is 617 g/mol. The van der Waals surface area contributed by atoms with E-state index in [0.717, 1.165) is 90.7 Å². The molecule has 0 atom stereocenters. The van der Waals surface area contributed by atoms with Gasteiger partial charge >= 0.3 is 0 Å². The Labute approximate surface area is 289 Å². The molecule has 8 bridgehead atoms. The Morgan fingerprint density at radius 3 is 1.72 bits per heavy atom. The Bertz CT molecular complexity index is 2510. The molecule has 0 saturated carbocycles. The summed E-state index contributed by atoms with van der Waals surface area (Å²) in [6, 6.07) is 24.4. The third-order valence-electron chi connectivity index (χ3n) is 8.96. The Balaban J connectivity index is 1.45. The van der Waals surface area contributed by atoms with E-state index >= 15 is 0 Å². The first-order valence-electron chi connectivity index (χ1n) is 16.4. The molecule has 4 aromatic heterocycles. The molecule has 9 heterocycles. The first kappa shape index (κ1) is 29.3. The lowest BCUT2D eigenvalue weighted by atomic mass is 9.90. The van der Waals surface area contributed by atoms with Crippen LogP contribution in [-0.2, 0) is 14.1 Å². The molecule has 9 rings (SSSR count). The molecule has 8 heteroatoms. The van der Waals surface area contributed by atoms with Crippen LogP contribution >= 0.6 is 0 Å². The molecule has 0 fully saturated rings. The van der Waals surface area contributed by atoms with Crippen LogP contribution < -0.4 is 9.13 Å². The van der Waals surface area contributed by atoms with Gasteiger partial charge < -0.3 is 0 Å². The zero-order chi connectivity index (χ0) is 33.6. The van der Waals surface area contributed by atoms with Crippen LogP contribution in [0.5, 0.6) is 0 Å². The number of rotatable bonds is 4. The average Bonchev–Trinajstić information content (AvgIpc) is 3.94. The molecule has 5 aliphatic rings. The molecule has 4 aromatic rings. The van der Waals surface area contributed by atoms with Crippen LogP contribution in [0.15, 0.2) is 189 Å². The summed E-state index contributed by atoms with van der Waals surface area (Å²) in [6.07, 6.45) is 23.9. The van der Waals surface area contributed by atoms with E-state index in [2.05, 4.69) is 72.0 Å². The summed E-state index contributed by atoms with van der Waals surface area (Å²) in [5.74, 6) is 0. The molecule has 0 radical (unpaired) electrons. The van der Waals surface area contributed by atoms with Crippen LogP contribution in [0.25, 0.3) is 22.3 Å². The van der Waals surface area contributed by atoms with E-state index in [0.29, 0.717) is 0 Å². The van der Waals surface area contributed by atoms with E-state index in [1.165, 1.54) is 0 Å². The molecule has 0 saturated heterocycles. The van der Waals surface area contributed by atoms with E-state index in [1.54, 1.807) is 0 Å². The summed E-state index contributed by atoms with van der Waals surface area (Å²) in [7, 11) is 4.13. The molecule has 0 amide bonds. The topological polar surface area (TPSA) is 83.0 Å². The van der Waals surface area contributed by atoms with Crippen LogP contribution in [0.2, 0.25) is 0 Å². The summed E-state index contributed by atoms with van der Waals surface area (Å²) in [6.45, 7) is 0. The number of hydrogen-bond acceptors (Lipinski definition) is 6. The minimum absolute atomic E-state index is 0.737. The number of nitrogens with zero attached hydrogens (tertiary/aromatic N) is 8. The van der Waals surface area contributed by atoms with Gasteiger partial charge in [0.1, 0.15) is 14.1 Å². The van der Waals surface area contributed by atoms with Gasteiger partial charge in [0, 0.05) is 42.2 Å². The molecule has 0 N–H and O–H groups in total. The van der Waals surface area contributed by atoms with E-state index in [9.17, 15) is 0 Å². The second-order valence-corrected chi connectivity index (χ2v) is 12.3. The van der Waals surface area contributed by atoms with Crippen molar-refractivity contribution in [3.05, 3.63) is 192 Å². The van der Waals surface area contributed by atoms with Crippen molar-refractivity contribution in [2.24, 2.45) is 34.1 Å². The molecule has 0 unspecified atom stereocenters. The normalized spacial score (nSPS) is 17.6. The maximum absolute atomic E-state index is 5.55. The van der Waals surface area contributed by atoms with Crippen molar-refractivity contribution < 1.29 is 9.13 Å². The lowest BCUT2D eigenvalue weighted by molar-refractivity contribution is -0.675. The Morgan fingerprint density at radius 1 is 0.480 bits per heavy atom. The Hall–Kier alpha value is -6.80. The summed E-state index contributed by atoms with van der Waals surface area (Å²) in [4.78, 5) is 30.5. The Kier molecular flexibility index (Phi) is 7.05. The standard InChI is InChI=1S/C42H30N8/c1-49-21-9-5-13-36(49)38-35-26-30-18-17-28(46-30)23-27-15-16-29(45-27)24-31-25-32(33-11-3-7-19-43-33)41(47-31)39(34-12-4-8-20-44-34)42(48-35)40(38)37-14-6-10-22-50(37)2/h3-26H,1-2H3/q+2. The highest BCUT2D eigenvalue weighted by molar-refractivity contribution is 6.49.